The van der Waals surface area contributed by atoms with Crippen LogP contribution in [0.3, 0.4) is 0 Å². The number of amides is 1. The van der Waals surface area contributed by atoms with Crippen molar-refractivity contribution in [3.05, 3.63) is 34.9 Å². The highest BCUT2D eigenvalue weighted by atomic mass is 35.5. The van der Waals surface area contributed by atoms with Crippen molar-refractivity contribution in [2.24, 2.45) is 5.92 Å². The maximum Gasteiger partial charge on any atom is 0.233 e. The Morgan fingerprint density at radius 3 is 2.81 bits per heavy atom. The van der Waals surface area contributed by atoms with E-state index < -0.39 is 0 Å². The SMILES string of the molecule is Cc1ccnc([C@H]2C[C@@H]2C(=O)Nc2nc(C)nc(Cl)n2)n1. The first-order chi connectivity index (χ1) is 10.0. The molecule has 0 aliphatic heterocycles. The van der Waals surface area contributed by atoms with Crippen molar-refractivity contribution in [1.82, 2.24) is 24.9 Å². The first kappa shape index (κ1) is 13.8. The molecular formula is C13H13ClN6O. The van der Waals surface area contributed by atoms with Crippen molar-refractivity contribution in [3.8, 4) is 0 Å². The van der Waals surface area contributed by atoms with Gasteiger partial charge in [0.1, 0.15) is 11.6 Å². The van der Waals surface area contributed by atoms with E-state index in [0.29, 0.717) is 11.6 Å². The summed E-state index contributed by atoms with van der Waals surface area (Å²) in [6, 6.07) is 1.83. The molecule has 0 saturated heterocycles. The summed E-state index contributed by atoms with van der Waals surface area (Å²) in [6.07, 6.45) is 2.44. The smallest absolute Gasteiger partial charge is 0.233 e. The van der Waals surface area contributed by atoms with E-state index in [-0.39, 0.29) is 29.0 Å². The van der Waals surface area contributed by atoms with Crippen LogP contribution in [-0.4, -0.2) is 30.8 Å². The Morgan fingerprint density at radius 2 is 2.10 bits per heavy atom. The third-order valence-electron chi connectivity index (χ3n) is 3.23. The fourth-order valence-electron chi connectivity index (χ4n) is 2.13. The van der Waals surface area contributed by atoms with Crippen molar-refractivity contribution in [2.45, 2.75) is 26.2 Å². The minimum atomic E-state index is -0.150. The van der Waals surface area contributed by atoms with E-state index in [0.717, 1.165) is 12.1 Å². The molecule has 0 bridgehead atoms. The van der Waals surface area contributed by atoms with Gasteiger partial charge < -0.3 is 0 Å². The first-order valence-electron chi connectivity index (χ1n) is 6.51. The molecule has 0 radical (unpaired) electrons. The number of nitrogens with one attached hydrogen (secondary N) is 1. The van der Waals surface area contributed by atoms with Crippen LogP contribution in [0.2, 0.25) is 5.28 Å². The quantitative estimate of drug-likeness (QED) is 0.927. The molecule has 0 unspecified atom stereocenters. The molecule has 0 aromatic carbocycles. The molecule has 2 atom stereocenters. The van der Waals surface area contributed by atoms with Crippen molar-refractivity contribution in [3.63, 3.8) is 0 Å². The van der Waals surface area contributed by atoms with E-state index in [4.69, 9.17) is 11.6 Å². The van der Waals surface area contributed by atoms with Crippen molar-refractivity contribution in [2.75, 3.05) is 5.32 Å². The van der Waals surface area contributed by atoms with Crippen molar-refractivity contribution < 1.29 is 4.79 Å². The predicted molar refractivity (Wildman–Crippen MR) is 75.8 cm³/mol. The Balaban J connectivity index is 1.68. The van der Waals surface area contributed by atoms with Crippen LogP contribution >= 0.6 is 11.6 Å². The number of carbonyl (C=O) groups excluding carboxylic acids is 1. The lowest BCUT2D eigenvalue weighted by Crippen LogP contribution is -2.17. The number of halogens is 1. The van der Waals surface area contributed by atoms with Crippen molar-refractivity contribution >= 4 is 23.5 Å². The Morgan fingerprint density at radius 1 is 1.29 bits per heavy atom. The summed E-state index contributed by atoms with van der Waals surface area (Å²) in [4.78, 5) is 32.5. The second-order valence-electron chi connectivity index (χ2n) is 4.97. The van der Waals surface area contributed by atoms with Crippen LogP contribution in [-0.2, 0) is 4.79 Å². The van der Waals surface area contributed by atoms with Crippen LogP contribution < -0.4 is 5.32 Å². The van der Waals surface area contributed by atoms with Crippen LogP contribution in [0.5, 0.6) is 0 Å². The van der Waals surface area contributed by atoms with Crippen LogP contribution in [0.25, 0.3) is 0 Å². The molecule has 1 fully saturated rings. The standard InChI is InChI=1S/C13H13ClN6O/c1-6-3-4-15-10(16-6)8-5-9(8)11(21)19-13-18-7(2)17-12(14)20-13/h3-4,8-9H,5H2,1-2H3,(H,17,18,19,20,21)/t8-,9-/m0/s1. The van der Waals surface area contributed by atoms with E-state index in [2.05, 4.69) is 30.2 Å². The Labute approximate surface area is 126 Å². The molecule has 108 valence electrons. The summed E-state index contributed by atoms with van der Waals surface area (Å²) >= 11 is 5.74. The number of hydrogen-bond donors (Lipinski definition) is 1. The molecule has 2 aromatic heterocycles. The van der Waals surface area contributed by atoms with Gasteiger partial charge in [-0.2, -0.15) is 9.97 Å². The van der Waals surface area contributed by atoms with Crippen LogP contribution in [0.15, 0.2) is 12.3 Å². The lowest BCUT2D eigenvalue weighted by atomic mass is 10.2. The van der Waals surface area contributed by atoms with Gasteiger partial charge in [0, 0.05) is 23.7 Å². The van der Waals surface area contributed by atoms with Gasteiger partial charge in [-0.25, -0.2) is 15.0 Å². The monoisotopic (exact) mass is 304 g/mol. The minimum Gasteiger partial charge on any atom is -0.294 e. The van der Waals surface area contributed by atoms with Gasteiger partial charge in [0.15, 0.2) is 0 Å². The third-order valence-corrected chi connectivity index (χ3v) is 3.40. The average Bonchev–Trinajstić information content (AvgIpc) is 3.17. The zero-order valence-corrected chi connectivity index (χ0v) is 12.3. The first-order valence-corrected chi connectivity index (χ1v) is 6.89. The molecule has 21 heavy (non-hydrogen) atoms. The number of carbonyl (C=O) groups is 1. The number of aryl methyl sites for hydroxylation is 2. The minimum absolute atomic E-state index is 0.0586. The second-order valence-corrected chi connectivity index (χ2v) is 5.31. The summed E-state index contributed by atoms with van der Waals surface area (Å²) in [5, 5.41) is 2.72. The van der Waals surface area contributed by atoms with Crippen LogP contribution in [0.1, 0.15) is 29.7 Å². The van der Waals surface area contributed by atoms with Gasteiger partial charge in [-0.3, -0.25) is 10.1 Å². The Bertz CT molecular complexity index is 687. The molecule has 7 nitrogen and oxygen atoms in total. The largest absolute Gasteiger partial charge is 0.294 e. The molecule has 1 aliphatic carbocycles. The summed E-state index contributed by atoms with van der Waals surface area (Å²) in [5.74, 6) is 1.10. The fraction of sp³-hybridized carbons (Fsp3) is 0.385. The summed E-state index contributed by atoms with van der Waals surface area (Å²) < 4.78 is 0. The van der Waals surface area contributed by atoms with Gasteiger partial charge >= 0.3 is 0 Å². The average molecular weight is 305 g/mol. The molecule has 2 aromatic rings. The molecule has 3 rings (SSSR count). The van der Waals surface area contributed by atoms with E-state index in [1.165, 1.54) is 0 Å². The topological polar surface area (TPSA) is 93.6 Å². The lowest BCUT2D eigenvalue weighted by Gasteiger charge is -2.04. The van der Waals surface area contributed by atoms with E-state index in [1.54, 1.807) is 13.1 Å². The highest BCUT2D eigenvalue weighted by Gasteiger charge is 2.46. The number of rotatable bonds is 3. The summed E-state index contributed by atoms with van der Waals surface area (Å²) in [6.45, 7) is 3.59. The van der Waals surface area contributed by atoms with E-state index in [1.807, 2.05) is 13.0 Å². The zero-order chi connectivity index (χ0) is 15.0. The molecule has 1 amide bonds. The van der Waals surface area contributed by atoms with Gasteiger partial charge in [-0.05, 0) is 37.9 Å². The molecule has 1 aliphatic rings. The molecule has 8 heteroatoms. The maximum atomic E-state index is 12.2. The molecule has 0 spiro atoms. The maximum absolute atomic E-state index is 12.2. The van der Waals surface area contributed by atoms with Crippen LogP contribution in [0.4, 0.5) is 5.95 Å². The predicted octanol–water partition coefficient (Wildman–Crippen LogP) is 1.67. The second kappa shape index (κ2) is 5.33. The molecule has 2 heterocycles. The molecule has 1 N–H and O–H groups in total. The zero-order valence-electron chi connectivity index (χ0n) is 11.5. The highest BCUT2D eigenvalue weighted by Crippen LogP contribution is 2.46. The number of hydrogen-bond acceptors (Lipinski definition) is 6. The highest BCUT2D eigenvalue weighted by molar-refractivity contribution is 6.28. The van der Waals surface area contributed by atoms with Gasteiger partial charge in [-0.15, -0.1) is 0 Å². The number of aromatic nitrogens is 5. The number of nitrogens with zero attached hydrogens (tertiary/aromatic N) is 5. The van der Waals surface area contributed by atoms with Gasteiger partial charge in [-0.1, -0.05) is 0 Å². The summed E-state index contributed by atoms with van der Waals surface area (Å²) in [7, 11) is 0. The van der Waals surface area contributed by atoms with Crippen molar-refractivity contribution in [1.29, 1.82) is 0 Å². The lowest BCUT2D eigenvalue weighted by molar-refractivity contribution is -0.117. The third kappa shape index (κ3) is 3.13. The molecular weight excluding hydrogens is 292 g/mol. The van der Waals surface area contributed by atoms with Crippen LogP contribution in [0, 0.1) is 19.8 Å². The van der Waals surface area contributed by atoms with E-state index >= 15 is 0 Å². The fourth-order valence-corrected chi connectivity index (χ4v) is 2.33. The Hall–Kier alpha value is -2.15. The summed E-state index contributed by atoms with van der Waals surface area (Å²) in [5.41, 5.74) is 0.894. The van der Waals surface area contributed by atoms with Gasteiger partial charge in [0.05, 0.1) is 0 Å². The van der Waals surface area contributed by atoms with Gasteiger partial charge in [0.25, 0.3) is 0 Å². The Kier molecular flexibility index (Phi) is 3.50. The normalized spacial score (nSPS) is 20.1. The van der Waals surface area contributed by atoms with E-state index in [9.17, 15) is 4.79 Å². The van der Waals surface area contributed by atoms with Gasteiger partial charge in [0.2, 0.25) is 17.1 Å². The molecule has 1 saturated carbocycles. The number of anilines is 1.